The molecule has 6 heteroatoms. The molecule has 2 rings (SSSR count). The van der Waals surface area contributed by atoms with Crippen molar-refractivity contribution in [2.24, 2.45) is 0 Å². The molecule has 23 heavy (non-hydrogen) atoms. The number of nitrogens with one attached hydrogen (secondary N) is 3. The highest BCUT2D eigenvalue weighted by molar-refractivity contribution is 7.80. The van der Waals surface area contributed by atoms with Crippen LogP contribution in [0.1, 0.15) is 23.1 Å². The van der Waals surface area contributed by atoms with E-state index in [1.165, 1.54) is 5.56 Å². The van der Waals surface area contributed by atoms with Crippen LogP contribution < -0.4 is 16.0 Å². The highest BCUT2D eigenvalue weighted by atomic mass is 32.1. The van der Waals surface area contributed by atoms with Crippen molar-refractivity contribution in [3.63, 3.8) is 0 Å². The molecule has 5 nitrogen and oxygen atoms in total. The number of nitrogens with zero attached hydrogens (tertiary/aromatic N) is 2. The summed E-state index contributed by atoms with van der Waals surface area (Å²) in [6.07, 6.45) is 0.874. The van der Waals surface area contributed by atoms with Gasteiger partial charge in [-0.05, 0) is 49.7 Å². The Bertz CT molecular complexity index is 764. The lowest BCUT2D eigenvalue weighted by molar-refractivity contribution is 0.794. The average Bonchev–Trinajstić information content (AvgIpc) is 2.57. The van der Waals surface area contributed by atoms with E-state index in [0.717, 1.165) is 36.0 Å². The van der Waals surface area contributed by atoms with Crippen LogP contribution in [0.25, 0.3) is 10.9 Å². The summed E-state index contributed by atoms with van der Waals surface area (Å²) in [6.45, 7) is 5.61. The Balaban J connectivity index is 2.12. The second kappa shape index (κ2) is 7.75. The average molecular weight is 327 g/mol. The van der Waals surface area contributed by atoms with E-state index in [9.17, 15) is 5.26 Å². The van der Waals surface area contributed by atoms with Crippen molar-refractivity contribution < 1.29 is 0 Å². The fourth-order valence-electron chi connectivity index (χ4n) is 2.29. The fourth-order valence-corrected chi connectivity index (χ4v) is 2.39. The van der Waals surface area contributed by atoms with E-state index in [0.29, 0.717) is 16.5 Å². The molecule has 0 unspecified atom stereocenters. The second-order valence-corrected chi connectivity index (χ2v) is 5.77. The van der Waals surface area contributed by atoms with Gasteiger partial charge < -0.3 is 16.0 Å². The van der Waals surface area contributed by atoms with Crippen LogP contribution in [-0.4, -0.2) is 30.2 Å². The largest absolute Gasteiger partial charge is 0.369 e. The predicted molar refractivity (Wildman–Crippen MR) is 98.7 cm³/mol. The molecule has 0 aliphatic carbocycles. The lowest BCUT2D eigenvalue weighted by Crippen LogP contribution is -2.33. The first-order chi connectivity index (χ1) is 11.1. The molecule has 0 aliphatic heterocycles. The van der Waals surface area contributed by atoms with Crippen LogP contribution in [0.2, 0.25) is 0 Å². The summed E-state index contributed by atoms with van der Waals surface area (Å²) in [7, 11) is 1.79. The van der Waals surface area contributed by atoms with Crippen molar-refractivity contribution in [2.75, 3.05) is 25.5 Å². The van der Waals surface area contributed by atoms with Gasteiger partial charge in [-0.2, -0.15) is 5.26 Å². The molecular formula is C17H21N5S. The third kappa shape index (κ3) is 4.08. The minimum absolute atomic E-state index is 0.569. The van der Waals surface area contributed by atoms with Crippen molar-refractivity contribution in [3.8, 4) is 6.07 Å². The molecule has 1 heterocycles. The van der Waals surface area contributed by atoms with E-state index in [1.807, 2.05) is 12.1 Å². The molecule has 0 amide bonds. The van der Waals surface area contributed by atoms with Crippen molar-refractivity contribution in [2.45, 2.75) is 20.3 Å². The Morgan fingerprint density at radius 1 is 1.30 bits per heavy atom. The standard InChI is InChI=1S/C17H21N5S/c1-11-5-6-13-9-14(10-18)16(22-15(13)12(11)2)20-7-4-8-21-17(23)19-3/h5-6,9H,4,7-8H2,1-3H3,(H,20,22)(H2,19,21,23). The first kappa shape index (κ1) is 17.0. The molecule has 2 aromatic rings. The number of fused-ring (bicyclic) bond motifs is 1. The van der Waals surface area contributed by atoms with E-state index >= 15 is 0 Å². The SMILES string of the molecule is CNC(=S)NCCCNc1nc2c(C)c(C)ccc2cc1C#N. The maximum atomic E-state index is 9.34. The van der Waals surface area contributed by atoms with Crippen LogP contribution in [-0.2, 0) is 0 Å². The molecule has 1 aromatic heterocycles. The van der Waals surface area contributed by atoms with Crippen molar-refractivity contribution in [1.82, 2.24) is 15.6 Å². The number of nitriles is 1. The molecule has 0 atom stereocenters. The van der Waals surface area contributed by atoms with Crippen LogP contribution in [0.15, 0.2) is 18.2 Å². The first-order valence-electron chi connectivity index (χ1n) is 7.57. The Morgan fingerprint density at radius 2 is 2.09 bits per heavy atom. The minimum atomic E-state index is 0.569. The zero-order valence-electron chi connectivity index (χ0n) is 13.7. The molecule has 120 valence electrons. The molecule has 0 aliphatic rings. The van der Waals surface area contributed by atoms with Gasteiger partial charge in [0.05, 0.1) is 11.1 Å². The number of aryl methyl sites for hydroxylation is 2. The molecule has 3 N–H and O–H groups in total. The van der Waals surface area contributed by atoms with Gasteiger partial charge in [-0.1, -0.05) is 12.1 Å². The number of hydrogen-bond acceptors (Lipinski definition) is 4. The van der Waals surface area contributed by atoms with E-state index in [4.69, 9.17) is 12.2 Å². The number of hydrogen-bond donors (Lipinski definition) is 3. The maximum absolute atomic E-state index is 9.34. The third-order valence-corrected chi connectivity index (χ3v) is 4.14. The summed E-state index contributed by atoms with van der Waals surface area (Å²) in [5.41, 5.74) is 3.86. The number of benzene rings is 1. The van der Waals surface area contributed by atoms with Crippen LogP contribution in [0.4, 0.5) is 5.82 Å². The summed E-state index contributed by atoms with van der Waals surface area (Å²) in [6, 6.07) is 8.18. The lowest BCUT2D eigenvalue weighted by atomic mass is 10.0. The lowest BCUT2D eigenvalue weighted by Gasteiger charge is -2.12. The van der Waals surface area contributed by atoms with Gasteiger partial charge in [0, 0.05) is 25.5 Å². The van der Waals surface area contributed by atoms with Gasteiger partial charge >= 0.3 is 0 Å². The second-order valence-electron chi connectivity index (χ2n) is 5.36. The number of rotatable bonds is 5. The van der Waals surface area contributed by atoms with Gasteiger partial charge in [-0.15, -0.1) is 0 Å². The number of thiocarbonyl (C=S) groups is 1. The van der Waals surface area contributed by atoms with Crippen LogP contribution >= 0.6 is 12.2 Å². The van der Waals surface area contributed by atoms with E-state index < -0.39 is 0 Å². The van der Waals surface area contributed by atoms with Gasteiger partial charge in [0.15, 0.2) is 5.11 Å². The van der Waals surface area contributed by atoms with Gasteiger partial charge in [0.2, 0.25) is 0 Å². The van der Waals surface area contributed by atoms with E-state index in [1.54, 1.807) is 7.05 Å². The Morgan fingerprint density at radius 3 is 2.78 bits per heavy atom. The van der Waals surface area contributed by atoms with E-state index in [2.05, 4.69) is 46.9 Å². The van der Waals surface area contributed by atoms with Gasteiger partial charge in [0.25, 0.3) is 0 Å². The normalized spacial score (nSPS) is 10.2. The van der Waals surface area contributed by atoms with Gasteiger partial charge in [-0.3, -0.25) is 0 Å². The van der Waals surface area contributed by atoms with Crippen LogP contribution in [0.3, 0.4) is 0 Å². The molecule has 0 spiro atoms. The quantitative estimate of drug-likeness (QED) is 0.579. The minimum Gasteiger partial charge on any atom is -0.369 e. The highest BCUT2D eigenvalue weighted by Crippen LogP contribution is 2.24. The smallest absolute Gasteiger partial charge is 0.166 e. The van der Waals surface area contributed by atoms with Gasteiger partial charge in [-0.25, -0.2) is 4.98 Å². The molecule has 0 radical (unpaired) electrons. The monoisotopic (exact) mass is 327 g/mol. The third-order valence-electron chi connectivity index (χ3n) is 3.79. The predicted octanol–water partition coefficient (Wildman–Crippen LogP) is 2.62. The Labute approximate surface area is 142 Å². The summed E-state index contributed by atoms with van der Waals surface area (Å²) in [5.74, 6) is 0.643. The van der Waals surface area contributed by atoms with Gasteiger partial charge in [0.1, 0.15) is 11.9 Å². The van der Waals surface area contributed by atoms with Crippen LogP contribution in [0.5, 0.6) is 0 Å². The first-order valence-corrected chi connectivity index (χ1v) is 7.98. The summed E-state index contributed by atoms with van der Waals surface area (Å²) < 4.78 is 0. The number of pyridine rings is 1. The summed E-state index contributed by atoms with van der Waals surface area (Å²) in [4.78, 5) is 4.66. The van der Waals surface area contributed by atoms with Crippen molar-refractivity contribution in [1.29, 1.82) is 5.26 Å². The topological polar surface area (TPSA) is 72.8 Å². The molecule has 0 saturated heterocycles. The highest BCUT2D eigenvalue weighted by Gasteiger charge is 2.09. The Kier molecular flexibility index (Phi) is 5.72. The Hall–Kier alpha value is -2.39. The molecule has 0 saturated carbocycles. The summed E-state index contributed by atoms with van der Waals surface area (Å²) in [5, 5.41) is 20.2. The van der Waals surface area contributed by atoms with Crippen LogP contribution in [0, 0.1) is 25.2 Å². The zero-order valence-corrected chi connectivity index (χ0v) is 14.5. The molecule has 1 aromatic carbocycles. The fraction of sp³-hybridized carbons (Fsp3) is 0.353. The molecule has 0 bridgehead atoms. The molecular weight excluding hydrogens is 306 g/mol. The maximum Gasteiger partial charge on any atom is 0.166 e. The molecule has 0 fully saturated rings. The zero-order chi connectivity index (χ0) is 16.8. The number of aromatic nitrogens is 1. The van der Waals surface area contributed by atoms with Crippen molar-refractivity contribution >= 4 is 34.1 Å². The van der Waals surface area contributed by atoms with Crippen molar-refractivity contribution in [3.05, 3.63) is 34.9 Å². The van der Waals surface area contributed by atoms with E-state index in [-0.39, 0.29) is 0 Å². The summed E-state index contributed by atoms with van der Waals surface area (Å²) >= 11 is 5.02. The number of anilines is 1.